The highest BCUT2D eigenvalue weighted by Gasteiger charge is 2.11. The van der Waals surface area contributed by atoms with Crippen LogP contribution >= 0.6 is 11.8 Å². The van der Waals surface area contributed by atoms with Gasteiger partial charge in [0.1, 0.15) is 12.1 Å². The van der Waals surface area contributed by atoms with Crippen LogP contribution in [0.3, 0.4) is 0 Å². The fourth-order valence-corrected chi connectivity index (χ4v) is 3.70. The topological polar surface area (TPSA) is 68.5 Å². The number of imidazole rings is 1. The lowest BCUT2D eigenvalue weighted by Gasteiger charge is -2.07. The highest BCUT2D eigenvalue weighted by Crippen LogP contribution is 2.22. The van der Waals surface area contributed by atoms with Gasteiger partial charge in [-0.3, -0.25) is 9.13 Å². The fraction of sp³-hybridized carbons (Fsp3) is 0.167. The third kappa shape index (κ3) is 3.15. The van der Waals surface area contributed by atoms with E-state index in [2.05, 4.69) is 15.2 Å². The average Bonchev–Trinajstić information content (AvgIpc) is 3.23. The van der Waals surface area contributed by atoms with E-state index in [4.69, 9.17) is 0 Å². The van der Waals surface area contributed by atoms with E-state index in [1.807, 2.05) is 24.3 Å². The number of halogens is 1. The van der Waals surface area contributed by atoms with Crippen LogP contribution in [0.1, 0.15) is 6.42 Å². The molecule has 0 atom stereocenters. The summed E-state index contributed by atoms with van der Waals surface area (Å²) in [6.07, 6.45) is 2.28. The molecule has 0 fully saturated rings. The lowest BCUT2D eigenvalue weighted by molar-refractivity contribution is 0.613. The predicted molar refractivity (Wildman–Crippen MR) is 99.2 cm³/mol. The van der Waals surface area contributed by atoms with Crippen LogP contribution in [-0.4, -0.2) is 30.1 Å². The molecular weight excluding hydrogens is 353 g/mol. The third-order valence-electron chi connectivity index (χ3n) is 4.07. The van der Waals surface area contributed by atoms with Crippen LogP contribution in [0.5, 0.6) is 0 Å². The van der Waals surface area contributed by atoms with Crippen molar-refractivity contribution in [1.29, 1.82) is 0 Å². The zero-order chi connectivity index (χ0) is 17.9. The first-order valence-corrected chi connectivity index (χ1v) is 9.18. The van der Waals surface area contributed by atoms with Gasteiger partial charge in [0, 0.05) is 12.3 Å². The molecule has 0 aliphatic rings. The Morgan fingerprint density at radius 1 is 1.12 bits per heavy atom. The smallest absolute Gasteiger partial charge is 0.306 e. The Balaban J connectivity index is 1.43. The Morgan fingerprint density at radius 2 is 1.92 bits per heavy atom. The quantitative estimate of drug-likeness (QED) is 0.418. The number of aromatic amines is 1. The number of benzene rings is 2. The molecule has 8 heteroatoms. The molecule has 26 heavy (non-hydrogen) atoms. The van der Waals surface area contributed by atoms with Gasteiger partial charge in [-0.1, -0.05) is 36.0 Å². The Labute approximate surface area is 152 Å². The van der Waals surface area contributed by atoms with Gasteiger partial charge in [-0.2, -0.15) is 0 Å². The molecule has 0 amide bonds. The maximum atomic E-state index is 14.0. The molecule has 0 bridgehead atoms. The molecule has 132 valence electrons. The molecule has 2 heterocycles. The normalized spacial score (nSPS) is 11.3. The second kappa shape index (κ2) is 7.17. The zero-order valence-corrected chi connectivity index (χ0v) is 14.6. The first-order chi connectivity index (χ1) is 12.7. The van der Waals surface area contributed by atoms with Gasteiger partial charge < -0.3 is 4.98 Å². The largest absolute Gasteiger partial charge is 0.326 e. The number of hydrogen-bond donors (Lipinski definition) is 1. The number of fused-ring (bicyclic) bond motifs is 1. The monoisotopic (exact) mass is 369 g/mol. The van der Waals surface area contributed by atoms with Crippen LogP contribution in [0, 0.1) is 5.82 Å². The number of rotatable bonds is 6. The molecule has 0 aliphatic heterocycles. The van der Waals surface area contributed by atoms with E-state index in [1.165, 1.54) is 24.2 Å². The summed E-state index contributed by atoms with van der Waals surface area (Å²) in [7, 11) is 0. The van der Waals surface area contributed by atoms with Crippen molar-refractivity contribution in [2.75, 3.05) is 5.75 Å². The SMILES string of the molecule is O=c1[nH]c2ccccc2n1CCCSc1nncn1-c1ccccc1F. The van der Waals surface area contributed by atoms with E-state index >= 15 is 0 Å². The van der Waals surface area contributed by atoms with Crippen LogP contribution in [0.25, 0.3) is 16.7 Å². The van der Waals surface area contributed by atoms with Gasteiger partial charge in [-0.05, 0) is 30.7 Å². The van der Waals surface area contributed by atoms with E-state index in [1.54, 1.807) is 27.3 Å². The van der Waals surface area contributed by atoms with Crippen molar-refractivity contribution in [3.8, 4) is 5.69 Å². The standard InChI is InChI=1S/C18H16FN5OS/c19-13-6-1-3-8-15(13)24-12-20-22-18(24)26-11-5-10-23-16-9-4-2-7-14(16)21-17(23)25/h1-4,6-9,12H,5,10-11H2,(H,21,25). The highest BCUT2D eigenvalue weighted by atomic mass is 32.2. The lowest BCUT2D eigenvalue weighted by Crippen LogP contribution is -2.17. The first-order valence-electron chi connectivity index (χ1n) is 8.19. The van der Waals surface area contributed by atoms with Crippen LogP contribution in [0.15, 0.2) is 64.8 Å². The highest BCUT2D eigenvalue weighted by molar-refractivity contribution is 7.99. The Morgan fingerprint density at radius 3 is 2.81 bits per heavy atom. The maximum absolute atomic E-state index is 14.0. The van der Waals surface area contributed by atoms with Crippen molar-refractivity contribution >= 4 is 22.8 Å². The summed E-state index contributed by atoms with van der Waals surface area (Å²) in [4.78, 5) is 14.9. The number of nitrogens with one attached hydrogen (secondary N) is 1. The molecular formula is C18H16FN5OS. The van der Waals surface area contributed by atoms with Crippen molar-refractivity contribution in [3.63, 3.8) is 0 Å². The number of thioether (sulfide) groups is 1. The fourth-order valence-electron chi connectivity index (χ4n) is 2.85. The number of nitrogens with zero attached hydrogens (tertiary/aromatic N) is 4. The van der Waals surface area contributed by atoms with Gasteiger partial charge in [0.25, 0.3) is 0 Å². The van der Waals surface area contributed by atoms with Crippen LogP contribution in [-0.2, 0) is 6.54 Å². The summed E-state index contributed by atoms with van der Waals surface area (Å²) in [5.41, 5.74) is 2.06. The van der Waals surface area contributed by atoms with Gasteiger partial charge >= 0.3 is 5.69 Å². The molecule has 0 radical (unpaired) electrons. The van der Waals surface area contributed by atoms with Crippen LogP contribution in [0.2, 0.25) is 0 Å². The number of H-pyrrole nitrogens is 1. The van der Waals surface area contributed by atoms with Crippen molar-refractivity contribution < 1.29 is 4.39 Å². The minimum atomic E-state index is -0.320. The molecule has 6 nitrogen and oxygen atoms in total. The van der Waals surface area contributed by atoms with Gasteiger partial charge in [0.15, 0.2) is 5.16 Å². The molecule has 2 aromatic carbocycles. The molecule has 0 saturated carbocycles. The molecule has 2 aromatic heterocycles. The first kappa shape index (κ1) is 16.6. The minimum Gasteiger partial charge on any atom is -0.306 e. The van der Waals surface area contributed by atoms with E-state index in [0.717, 1.165) is 23.2 Å². The summed E-state index contributed by atoms with van der Waals surface area (Å²) in [6.45, 7) is 0.601. The summed E-state index contributed by atoms with van der Waals surface area (Å²) in [5.74, 6) is 0.415. The number of para-hydroxylation sites is 3. The Bertz CT molecular complexity index is 1100. The second-order valence-corrected chi connectivity index (χ2v) is 6.80. The van der Waals surface area contributed by atoms with E-state index < -0.39 is 0 Å². The predicted octanol–water partition coefficient (Wildman–Crippen LogP) is 3.23. The van der Waals surface area contributed by atoms with E-state index in [-0.39, 0.29) is 11.5 Å². The van der Waals surface area contributed by atoms with Gasteiger partial charge in [0.05, 0.1) is 16.7 Å². The van der Waals surface area contributed by atoms with Crippen molar-refractivity contribution in [2.24, 2.45) is 0 Å². The summed E-state index contributed by atoms with van der Waals surface area (Å²) >= 11 is 1.49. The number of hydrogen-bond acceptors (Lipinski definition) is 4. The molecule has 0 saturated heterocycles. The third-order valence-corrected chi connectivity index (χ3v) is 5.10. The van der Waals surface area contributed by atoms with Gasteiger partial charge in [-0.25, -0.2) is 9.18 Å². The molecule has 0 aliphatic carbocycles. The van der Waals surface area contributed by atoms with Gasteiger partial charge in [-0.15, -0.1) is 10.2 Å². The molecule has 0 unspecified atom stereocenters. The van der Waals surface area contributed by atoms with Crippen molar-refractivity contribution in [2.45, 2.75) is 18.1 Å². The Kier molecular flexibility index (Phi) is 4.57. The van der Waals surface area contributed by atoms with Gasteiger partial charge in [0.2, 0.25) is 0 Å². The summed E-state index contributed by atoms with van der Waals surface area (Å²) < 4.78 is 17.3. The summed E-state index contributed by atoms with van der Waals surface area (Å²) in [6, 6.07) is 14.1. The van der Waals surface area contributed by atoms with E-state index in [9.17, 15) is 9.18 Å². The minimum absolute atomic E-state index is 0.106. The second-order valence-electron chi connectivity index (χ2n) is 5.74. The zero-order valence-electron chi connectivity index (χ0n) is 13.8. The average molecular weight is 369 g/mol. The number of aryl methyl sites for hydroxylation is 1. The van der Waals surface area contributed by atoms with Crippen LogP contribution < -0.4 is 5.69 Å². The number of aromatic nitrogens is 5. The maximum Gasteiger partial charge on any atom is 0.326 e. The van der Waals surface area contributed by atoms with Crippen LogP contribution in [0.4, 0.5) is 4.39 Å². The lowest BCUT2D eigenvalue weighted by atomic mass is 10.3. The van der Waals surface area contributed by atoms with Crippen molar-refractivity contribution in [3.05, 3.63) is 71.2 Å². The summed E-state index contributed by atoms with van der Waals surface area (Å²) in [5, 5.41) is 8.59. The molecule has 1 N–H and O–H groups in total. The van der Waals surface area contributed by atoms with Crippen molar-refractivity contribution in [1.82, 2.24) is 24.3 Å². The van der Waals surface area contributed by atoms with E-state index in [0.29, 0.717) is 17.4 Å². The molecule has 4 rings (SSSR count). The Hall–Kier alpha value is -2.87. The molecule has 4 aromatic rings. The molecule has 0 spiro atoms.